The summed E-state index contributed by atoms with van der Waals surface area (Å²) in [4.78, 5) is 0. The van der Waals surface area contributed by atoms with E-state index in [0.717, 1.165) is 0 Å². The first-order chi connectivity index (χ1) is 3.91. The van der Waals surface area contributed by atoms with Gasteiger partial charge in [-0.3, -0.25) is 0 Å². The van der Waals surface area contributed by atoms with Gasteiger partial charge in [-0.25, -0.2) is 0 Å². The molecule has 0 aliphatic rings. The molecule has 2 heteroatoms. The van der Waals surface area contributed by atoms with E-state index in [1.165, 1.54) is 30.1 Å². The van der Waals surface area contributed by atoms with Crippen LogP contribution >= 0.6 is 8.92 Å². The van der Waals surface area contributed by atoms with E-state index in [0.29, 0.717) is 0 Å². The van der Waals surface area contributed by atoms with Gasteiger partial charge < -0.3 is 0 Å². The second-order valence-electron chi connectivity index (χ2n) is 1.94. The summed E-state index contributed by atoms with van der Waals surface area (Å²) >= 11 is -0.361. The fourth-order valence-electron chi connectivity index (χ4n) is 0.619. The minimum atomic E-state index is -0.361. The Bertz CT molecular complexity index is 33.5. The van der Waals surface area contributed by atoms with Crippen molar-refractivity contribution < 1.29 is 0 Å². The number of rotatable bonds is 5. The van der Waals surface area contributed by atoms with Gasteiger partial charge in [0.2, 0.25) is 0 Å². The van der Waals surface area contributed by atoms with Crippen molar-refractivity contribution in [2.75, 3.05) is 0 Å². The van der Waals surface area contributed by atoms with Crippen LogP contribution in [-0.2, 0) is 0 Å². The summed E-state index contributed by atoms with van der Waals surface area (Å²) in [5.41, 5.74) is 0. The fraction of sp³-hybridized carbons (Fsp3) is 1.00. The molecule has 8 heavy (non-hydrogen) atoms. The van der Waals surface area contributed by atoms with Crippen molar-refractivity contribution in [3.8, 4) is 0 Å². The van der Waals surface area contributed by atoms with Crippen LogP contribution in [0, 0.1) is 0 Å². The standard InChI is InChI=1S/C6H13.ClH.Sn/c1-3-5-6-4-2;;/h1,3-6H2,2H3;1H;/q;;+1/p-1. The quantitative estimate of drug-likeness (QED) is 0.511. The molecule has 0 atom stereocenters. The van der Waals surface area contributed by atoms with Gasteiger partial charge in [-0.15, -0.1) is 0 Å². The van der Waals surface area contributed by atoms with Gasteiger partial charge in [0.15, 0.2) is 0 Å². The molecule has 0 spiro atoms. The SMILES string of the molecule is CCCCC[CH2][Sn][Cl]. The topological polar surface area (TPSA) is 0 Å². The number of unbranched alkanes of at least 4 members (excludes halogenated alkanes) is 3. The predicted molar refractivity (Wildman–Crippen MR) is 40.6 cm³/mol. The summed E-state index contributed by atoms with van der Waals surface area (Å²) in [7, 11) is 5.65. The first-order valence-electron chi connectivity index (χ1n) is 3.25. The zero-order valence-corrected chi connectivity index (χ0v) is 9.02. The third-order valence-corrected chi connectivity index (χ3v) is 3.94. The van der Waals surface area contributed by atoms with Crippen LogP contribution in [0.5, 0.6) is 0 Å². The molecular weight excluding hydrogens is 226 g/mol. The number of halogens is 1. The monoisotopic (exact) mass is 240 g/mol. The Balaban J connectivity index is 2.53. The Labute approximate surface area is 65.9 Å². The normalized spacial score (nSPS) is 9.75. The molecule has 0 N–H and O–H groups in total. The van der Waals surface area contributed by atoms with Crippen LogP contribution in [0.2, 0.25) is 4.44 Å². The van der Waals surface area contributed by atoms with Crippen LogP contribution in [0.1, 0.15) is 32.6 Å². The first kappa shape index (κ1) is 9.09. The third kappa shape index (κ3) is 7.09. The van der Waals surface area contributed by atoms with Crippen LogP contribution in [0.4, 0.5) is 0 Å². The summed E-state index contributed by atoms with van der Waals surface area (Å²) in [6.07, 6.45) is 5.54. The molecule has 0 aliphatic heterocycles. The van der Waals surface area contributed by atoms with Crippen LogP contribution in [0.25, 0.3) is 0 Å². The predicted octanol–water partition coefficient (Wildman–Crippen LogP) is 2.84. The molecule has 2 radical (unpaired) electrons. The molecule has 0 saturated carbocycles. The van der Waals surface area contributed by atoms with Crippen molar-refractivity contribution in [3.05, 3.63) is 0 Å². The average Bonchev–Trinajstić information content (AvgIpc) is 1.81. The van der Waals surface area contributed by atoms with E-state index in [1.807, 2.05) is 0 Å². The minimum absolute atomic E-state index is 0.361. The zero-order chi connectivity index (χ0) is 6.24. The van der Waals surface area contributed by atoms with Gasteiger partial charge >= 0.3 is 66.0 Å². The summed E-state index contributed by atoms with van der Waals surface area (Å²) in [6.45, 7) is 2.24. The first-order valence-corrected chi connectivity index (χ1v) is 8.88. The van der Waals surface area contributed by atoms with Crippen molar-refractivity contribution in [3.63, 3.8) is 0 Å². The molecular formula is C6H13ClSn. The maximum absolute atomic E-state index is 5.65. The molecule has 0 saturated heterocycles. The Kier molecular flexibility index (Phi) is 9.19. The second-order valence-corrected chi connectivity index (χ2v) is 5.93. The molecule has 0 aromatic rings. The Morgan fingerprint density at radius 1 is 1.25 bits per heavy atom. The van der Waals surface area contributed by atoms with Crippen LogP contribution in [-0.4, -0.2) is 20.0 Å². The Morgan fingerprint density at radius 3 is 2.50 bits per heavy atom. The second kappa shape index (κ2) is 8.09. The Morgan fingerprint density at radius 2 is 2.00 bits per heavy atom. The summed E-state index contributed by atoms with van der Waals surface area (Å²) in [5.74, 6) is 0. The molecule has 0 amide bonds. The number of hydrogen-bond donors (Lipinski definition) is 0. The molecule has 0 aromatic carbocycles. The fourth-order valence-corrected chi connectivity index (χ4v) is 2.61. The van der Waals surface area contributed by atoms with Crippen LogP contribution in [0.15, 0.2) is 0 Å². The third-order valence-electron chi connectivity index (χ3n) is 1.12. The summed E-state index contributed by atoms with van der Waals surface area (Å²) < 4.78 is 1.37. The van der Waals surface area contributed by atoms with Gasteiger partial charge in [0, 0.05) is 0 Å². The van der Waals surface area contributed by atoms with Crippen molar-refractivity contribution >= 4 is 28.9 Å². The van der Waals surface area contributed by atoms with E-state index in [9.17, 15) is 0 Å². The molecule has 0 unspecified atom stereocenters. The van der Waals surface area contributed by atoms with E-state index in [-0.39, 0.29) is 20.0 Å². The van der Waals surface area contributed by atoms with Gasteiger partial charge in [-0.05, 0) is 0 Å². The van der Waals surface area contributed by atoms with Gasteiger partial charge in [0.05, 0.1) is 0 Å². The van der Waals surface area contributed by atoms with Crippen molar-refractivity contribution in [1.29, 1.82) is 0 Å². The summed E-state index contributed by atoms with van der Waals surface area (Å²) in [5, 5.41) is 0. The van der Waals surface area contributed by atoms with E-state index in [1.54, 1.807) is 0 Å². The molecule has 0 aromatic heterocycles. The summed E-state index contributed by atoms with van der Waals surface area (Å²) in [6, 6.07) is 0. The van der Waals surface area contributed by atoms with Crippen molar-refractivity contribution in [1.82, 2.24) is 0 Å². The van der Waals surface area contributed by atoms with Gasteiger partial charge in [-0.1, -0.05) is 0 Å². The van der Waals surface area contributed by atoms with Crippen LogP contribution in [0.3, 0.4) is 0 Å². The van der Waals surface area contributed by atoms with E-state index in [2.05, 4.69) is 6.92 Å². The molecule has 0 fully saturated rings. The van der Waals surface area contributed by atoms with E-state index in [4.69, 9.17) is 8.92 Å². The van der Waals surface area contributed by atoms with Gasteiger partial charge in [0.25, 0.3) is 0 Å². The van der Waals surface area contributed by atoms with Gasteiger partial charge in [-0.2, -0.15) is 0 Å². The molecule has 0 aliphatic carbocycles. The maximum atomic E-state index is 5.65. The zero-order valence-electron chi connectivity index (χ0n) is 5.41. The number of hydrogen-bond acceptors (Lipinski definition) is 0. The molecule has 0 rings (SSSR count). The molecule has 0 nitrogen and oxygen atoms in total. The van der Waals surface area contributed by atoms with Crippen LogP contribution < -0.4 is 0 Å². The molecule has 0 bridgehead atoms. The van der Waals surface area contributed by atoms with Crippen molar-refractivity contribution in [2.24, 2.45) is 0 Å². The molecule has 48 valence electrons. The van der Waals surface area contributed by atoms with E-state index >= 15 is 0 Å². The van der Waals surface area contributed by atoms with Crippen molar-refractivity contribution in [2.45, 2.75) is 37.0 Å². The molecule has 0 heterocycles. The van der Waals surface area contributed by atoms with Gasteiger partial charge in [0.1, 0.15) is 0 Å². The van der Waals surface area contributed by atoms with E-state index < -0.39 is 0 Å². The Hall–Kier alpha value is 1.09. The average molecular weight is 239 g/mol.